The molecule has 0 saturated carbocycles. The molecule has 0 rings (SSSR count). The van der Waals surface area contributed by atoms with Crippen LogP contribution in [0.4, 0.5) is 0 Å². The van der Waals surface area contributed by atoms with Crippen molar-refractivity contribution in [1.82, 2.24) is 0 Å². The number of ketones is 1. The molecule has 0 radical (unpaired) electrons. The summed E-state index contributed by atoms with van der Waals surface area (Å²) in [7, 11) is 1.31. The molecule has 6 nitrogen and oxygen atoms in total. The Balaban J connectivity index is 4.58. The largest absolute Gasteiger partial charge is 0.394 e. The van der Waals surface area contributed by atoms with Gasteiger partial charge in [-0.2, -0.15) is 0 Å². The van der Waals surface area contributed by atoms with Crippen molar-refractivity contribution < 1.29 is 30.0 Å². The number of ether oxygens (including phenoxy) is 1. The Kier molecular flexibility index (Phi) is 5.33. The van der Waals surface area contributed by atoms with Gasteiger partial charge in [0.15, 0.2) is 5.78 Å². The van der Waals surface area contributed by atoms with E-state index in [2.05, 4.69) is 0 Å². The molecule has 4 N–H and O–H groups in total. The van der Waals surface area contributed by atoms with Crippen molar-refractivity contribution in [2.75, 3.05) is 13.7 Å². The molecule has 0 aliphatic carbocycles. The van der Waals surface area contributed by atoms with E-state index in [1.165, 1.54) is 21.0 Å². The first-order valence-electron chi connectivity index (χ1n) is 4.51. The van der Waals surface area contributed by atoms with Crippen molar-refractivity contribution in [1.29, 1.82) is 0 Å². The number of aliphatic hydroxyl groups is 4. The fourth-order valence-corrected chi connectivity index (χ4v) is 0.905. The van der Waals surface area contributed by atoms with E-state index < -0.39 is 36.3 Å². The minimum absolute atomic E-state index is 0.757. The van der Waals surface area contributed by atoms with Crippen LogP contribution in [0.15, 0.2) is 0 Å². The Morgan fingerprint density at radius 2 is 1.80 bits per heavy atom. The molecule has 1 unspecified atom stereocenters. The van der Waals surface area contributed by atoms with Crippen molar-refractivity contribution in [3.8, 4) is 0 Å². The van der Waals surface area contributed by atoms with Gasteiger partial charge in [-0.3, -0.25) is 4.79 Å². The zero-order chi connectivity index (χ0) is 12.2. The molecule has 0 aromatic heterocycles. The highest BCUT2D eigenvalue weighted by Crippen LogP contribution is 2.16. The third-order valence-corrected chi connectivity index (χ3v) is 2.30. The van der Waals surface area contributed by atoms with Crippen LogP contribution in [0.1, 0.15) is 13.8 Å². The van der Waals surface area contributed by atoms with Gasteiger partial charge < -0.3 is 25.2 Å². The maximum Gasteiger partial charge on any atom is 0.195 e. The summed E-state index contributed by atoms with van der Waals surface area (Å²) in [5.41, 5.74) is -1.16. The number of carbonyl (C=O) groups is 1. The van der Waals surface area contributed by atoms with Gasteiger partial charge in [0.05, 0.1) is 12.2 Å². The van der Waals surface area contributed by atoms with Gasteiger partial charge in [0, 0.05) is 7.11 Å². The molecule has 0 aliphatic heterocycles. The molecule has 0 aromatic carbocycles. The van der Waals surface area contributed by atoms with E-state index in [4.69, 9.17) is 14.9 Å². The summed E-state index contributed by atoms with van der Waals surface area (Å²) in [4.78, 5) is 11.4. The second-order valence-corrected chi connectivity index (χ2v) is 3.81. The van der Waals surface area contributed by atoms with Crippen molar-refractivity contribution in [2.45, 2.75) is 37.8 Å². The highest BCUT2D eigenvalue weighted by atomic mass is 16.5. The van der Waals surface area contributed by atoms with E-state index in [1.54, 1.807) is 0 Å². The fourth-order valence-electron chi connectivity index (χ4n) is 0.905. The third kappa shape index (κ3) is 3.51. The minimum atomic E-state index is -1.82. The van der Waals surface area contributed by atoms with E-state index in [0.29, 0.717) is 0 Å². The van der Waals surface area contributed by atoms with E-state index in [1.807, 2.05) is 0 Å². The Morgan fingerprint density at radius 1 is 1.33 bits per heavy atom. The van der Waals surface area contributed by atoms with Gasteiger partial charge in [0.2, 0.25) is 0 Å². The summed E-state index contributed by atoms with van der Waals surface area (Å²) in [5.74, 6) is -0.983. The SMILES string of the molecule is COC(C)(C)C(O)C(=O)[C@H](O)[C@H](O)CO. The lowest BCUT2D eigenvalue weighted by atomic mass is 9.93. The van der Waals surface area contributed by atoms with Crippen molar-refractivity contribution in [3.05, 3.63) is 0 Å². The molecule has 0 amide bonds. The summed E-state index contributed by atoms with van der Waals surface area (Å²) in [6.07, 6.45) is -4.99. The Morgan fingerprint density at radius 3 is 2.13 bits per heavy atom. The van der Waals surface area contributed by atoms with Crippen LogP contribution in [0.2, 0.25) is 0 Å². The van der Waals surface area contributed by atoms with Gasteiger partial charge in [0.1, 0.15) is 18.3 Å². The second-order valence-electron chi connectivity index (χ2n) is 3.81. The predicted octanol–water partition coefficient (Wildman–Crippen LogP) is -1.94. The lowest BCUT2D eigenvalue weighted by molar-refractivity contribution is -0.158. The number of rotatable bonds is 6. The molecule has 0 aliphatic rings. The maximum atomic E-state index is 11.4. The van der Waals surface area contributed by atoms with Crippen LogP contribution in [0.25, 0.3) is 0 Å². The summed E-state index contributed by atoms with van der Waals surface area (Å²) in [5, 5.41) is 36.3. The first kappa shape index (κ1) is 14.5. The number of hydrogen-bond donors (Lipinski definition) is 4. The van der Waals surface area contributed by atoms with Crippen LogP contribution in [-0.4, -0.2) is 63.8 Å². The lowest BCUT2D eigenvalue weighted by Gasteiger charge is -2.29. The van der Waals surface area contributed by atoms with Gasteiger partial charge in [-0.05, 0) is 13.8 Å². The smallest absolute Gasteiger partial charge is 0.195 e. The zero-order valence-corrected chi connectivity index (χ0v) is 9.04. The van der Waals surface area contributed by atoms with E-state index in [-0.39, 0.29) is 0 Å². The quantitative estimate of drug-likeness (QED) is 0.416. The van der Waals surface area contributed by atoms with Crippen LogP contribution in [0.3, 0.4) is 0 Å². The molecule has 90 valence electrons. The Labute approximate surface area is 88.1 Å². The molecular weight excluding hydrogens is 204 g/mol. The summed E-state index contributed by atoms with van der Waals surface area (Å²) in [6.45, 7) is 2.17. The first-order chi connectivity index (χ1) is 6.77. The van der Waals surface area contributed by atoms with Crippen molar-refractivity contribution in [2.24, 2.45) is 0 Å². The van der Waals surface area contributed by atoms with E-state index >= 15 is 0 Å². The van der Waals surface area contributed by atoms with Crippen molar-refractivity contribution in [3.63, 3.8) is 0 Å². The van der Waals surface area contributed by atoms with Gasteiger partial charge in [-0.1, -0.05) is 0 Å². The van der Waals surface area contributed by atoms with Gasteiger partial charge in [-0.15, -0.1) is 0 Å². The first-order valence-corrected chi connectivity index (χ1v) is 4.51. The molecule has 3 atom stereocenters. The Bertz CT molecular complexity index is 215. The second kappa shape index (κ2) is 5.53. The zero-order valence-electron chi connectivity index (χ0n) is 9.04. The fraction of sp³-hybridized carbons (Fsp3) is 0.889. The average Bonchev–Trinajstić information content (AvgIpc) is 2.24. The predicted molar refractivity (Wildman–Crippen MR) is 51.2 cm³/mol. The van der Waals surface area contributed by atoms with Crippen LogP contribution >= 0.6 is 0 Å². The number of methoxy groups -OCH3 is 1. The molecular formula is C9H18O6. The summed E-state index contributed by atoms with van der Waals surface area (Å²) >= 11 is 0. The van der Waals surface area contributed by atoms with Crippen LogP contribution in [0, 0.1) is 0 Å². The maximum absolute atomic E-state index is 11.4. The molecule has 0 spiro atoms. The highest BCUT2D eigenvalue weighted by molar-refractivity contribution is 5.88. The van der Waals surface area contributed by atoms with Crippen LogP contribution < -0.4 is 0 Å². The molecule has 0 aromatic rings. The monoisotopic (exact) mass is 222 g/mol. The molecule has 6 heteroatoms. The number of aliphatic hydroxyl groups excluding tert-OH is 4. The van der Waals surface area contributed by atoms with Gasteiger partial charge in [0.25, 0.3) is 0 Å². The molecule has 0 heterocycles. The summed E-state index contributed by atoms with van der Waals surface area (Å²) in [6, 6.07) is 0. The lowest BCUT2D eigenvalue weighted by Crippen LogP contribution is -2.51. The van der Waals surface area contributed by atoms with E-state index in [9.17, 15) is 15.0 Å². The molecule has 15 heavy (non-hydrogen) atoms. The average molecular weight is 222 g/mol. The van der Waals surface area contributed by atoms with Gasteiger partial charge >= 0.3 is 0 Å². The van der Waals surface area contributed by atoms with Crippen LogP contribution in [-0.2, 0) is 9.53 Å². The number of carbonyl (C=O) groups excluding carboxylic acids is 1. The highest BCUT2D eigenvalue weighted by Gasteiger charge is 2.38. The Hall–Kier alpha value is -0.530. The number of hydrogen-bond acceptors (Lipinski definition) is 6. The van der Waals surface area contributed by atoms with E-state index in [0.717, 1.165) is 0 Å². The molecule has 0 bridgehead atoms. The molecule has 0 fully saturated rings. The van der Waals surface area contributed by atoms with Gasteiger partial charge in [-0.25, -0.2) is 0 Å². The van der Waals surface area contributed by atoms with Crippen molar-refractivity contribution >= 4 is 5.78 Å². The molecule has 0 saturated heterocycles. The third-order valence-electron chi connectivity index (χ3n) is 2.30. The number of Topliss-reactive ketones (excluding diaryl/α,β-unsaturated/α-hetero) is 1. The normalized spacial score (nSPS) is 18.3. The topological polar surface area (TPSA) is 107 Å². The summed E-state index contributed by atoms with van der Waals surface area (Å²) < 4.78 is 4.86. The standard InChI is InChI=1S/C9H18O6/c1-9(2,15-3)8(14)7(13)6(12)5(11)4-10/h5-6,8,10-12,14H,4H2,1-3H3/t5-,6-,8?/m1/s1. The minimum Gasteiger partial charge on any atom is -0.394 e. The van der Waals surface area contributed by atoms with Crippen LogP contribution in [0.5, 0.6) is 0 Å².